The monoisotopic (exact) mass is 175 g/mol. The highest BCUT2D eigenvalue weighted by Crippen LogP contribution is 2.31. The molecule has 1 N–H and O–H groups in total. The Morgan fingerprint density at radius 2 is 1.92 bits per heavy atom. The lowest BCUT2D eigenvalue weighted by molar-refractivity contribution is 0.207. The Labute approximate surface area is 80.2 Å². The topological polar surface area (TPSA) is 12.0 Å². The molecule has 1 aromatic carbocycles. The van der Waals surface area contributed by atoms with Crippen molar-refractivity contribution in [3.63, 3.8) is 0 Å². The van der Waals surface area contributed by atoms with Gasteiger partial charge in [0.05, 0.1) is 0 Å². The van der Waals surface area contributed by atoms with Gasteiger partial charge in [0.1, 0.15) is 0 Å². The molecule has 0 aromatic heterocycles. The number of nitrogens with one attached hydrogen (secondary N) is 1. The smallest absolute Gasteiger partial charge is 0.0210 e. The molecule has 0 heterocycles. The highest BCUT2D eigenvalue weighted by molar-refractivity contribution is 5.14. The molecular weight excluding hydrogens is 158 g/mol. The molecule has 1 nitrogen and oxygen atoms in total. The number of rotatable bonds is 3. The van der Waals surface area contributed by atoms with Crippen molar-refractivity contribution in [2.45, 2.75) is 38.3 Å². The molecule has 1 fully saturated rings. The van der Waals surface area contributed by atoms with Gasteiger partial charge in [-0.15, -0.1) is 0 Å². The van der Waals surface area contributed by atoms with Crippen molar-refractivity contribution < 1.29 is 0 Å². The number of hydrogen-bond donors (Lipinski definition) is 1. The molecule has 0 aliphatic heterocycles. The van der Waals surface area contributed by atoms with Crippen LogP contribution >= 0.6 is 0 Å². The van der Waals surface area contributed by atoms with Gasteiger partial charge in [-0.05, 0) is 31.7 Å². The van der Waals surface area contributed by atoms with Crippen molar-refractivity contribution in [3.05, 3.63) is 35.9 Å². The van der Waals surface area contributed by atoms with Gasteiger partial charge in [-0.25, -0.2) is 0 Å². The average Bonchev–Trinajstić information content (AvgIpc) is 2.13. The lowest BCUT2D eigenvalue weighted by atomic mass is 9.78. The Morgan fingerprint density at radius 3 is 2.46 bits per heavy atom. The largest absolute Gasteiger partial charge is 0.307 e. The standard InChI is InChI=1S/C12H17N/c1-12(8-5-9-12)13-10-11-6-3-2-4-7-11/h2-4,6-7,13H,5,8-10H2,1H3. The first kappa shape index (κ1) is 8.76. The van der Waals surface area contributed by atoms with Gasteiger partial charge >= 0.3 is 0 Å². The number of benzene rings is 1. The first-order valence-corrected chi connectivity index (χ1v) is 5.07. The molecule has 0 unspecified atom stereocenters. The van der Waals surface area contributed by atoms with Crippen molar-refractivity contribution in [3.8, 4) is 0 Å². The molecule has 0 spiro atoms. The molecule has 1 aliphatic carbocycles. The lowest BCUT2D eigenvalue weighted by Gasteiger charge is -2.39. The van der Waals surface area contributed by atoms with E-state index in [1.165, 1.54) is 24.8 Å². The summed E-state index contributed by atoms with van der Waals surface area (Å²) in [6.45, 7) is 3.33. The summed E-state index contributed by atoms with van der Waals surface area (Å²) in [6.07, 6.45) is 4.05. The molecular formula is C12H17N. The van der Waals surface area contributed by atoms with Crippen molar-refractivity contribution in [2.24, 2.45) is 0 Å². The van der Waals surface area contributed by atoms with Crippen LogP contribution < -0.4 is 5.32 Å². The maximum Gasteiger partial charge on any atom is 0.0210 e. The maximum absolute atomic E-state index is 3.61. The molecule has 70 valence electrons. The van der Waals surface area contributed by atoms with Crippen LogP contribution in [0.4, 0.5) is 0 Å². The van der Waals surface area contributed by atoms with Gasteiger partial charge in [-0.2, -0.15) is 0 Å². The Balaban J connectivity index is 1.86. The van der Waals surface area contributed by atoms with Crippen LogP contribution in [0, 0.1) is 0 Å². The van der Waals surface area contributed by atoms with Crippen LogP contribution in [0.2, 0.25) is 0 Å². The third-order valence-electron chi connectivity index (χ3n) is 3.02. The lowest BCUT2D eigenvalue weighted by Crippen LogP contribution is -2.47. The second kappa shape index (κ2) is 3.51. The molecule has 0 saturated heterocycles. The van der Waals surface area contributed by atoms with Gasteiger partial charge in [-0.1, -0.05) is 30.3 Å². The Kier molecular flexibility index (Phi) is 2.36. The molecule has 0 atom stereocenters. The van der Waals surface area contributed by atoms with E-state index in [0.29, 0.717) is 5.54 Å². The minimum atomic E-state index is 0.426. The molecule has 1 aliphatic rings. The van der Waals surface area contributed by atoms with E-state index in [1.807, 2.05) is 0 Å². The number of hydrogen-bond acceptors (Lipinski definition) is 1. The molecule has 13 heavy (non-hydrogen) atoms. The fourth-order valence-corrected chi connectivity index (χ4v) is 1.80. The summed E-state index contributed by atoms with van der Waals surface area (Å²) in [5.41, 5.74) is 1.81. The summed E-state index contributed by atoms with van der Waals surface area (Å²) in [5.74, 6) is 0. The summed E-state index contributed by atoms with van der Waals surface area (Å²) in [5, 5.41) is 3.61. The molecule has 1 saturated carbocycles. The van der Waals surface area contributed by atoms with E-state index in [9.17, 15) is 0 Å². The van der Waals surface area contributed by atoms with Crippen molar-refractivity contribution >= 4 is 0 Å². The fourth-order valence-electron chi connectivity index (χ4n) is 1.80. The quantitative estimate of drug-likeness (QED) is 0.744. The summed E-state index contributed by atoms with van der Waals surface area (Å²) in [4.78, 5) is 0. The molecule has 0 bridgehead atoms. The second-order valence-corrected chi connectivity index (χ2v) is 4.25. The summed E-state index contributed by atoms with van der Waals surface area (Å²) < 4.78 is 0. The van der Waals surface area contributed by atoms with Gasteiger partial charge in [-0.3, -0.25) is 0 Å². The van der Waals surface area contributed by atoms with E-state index < -0.39 is 0 Å². The van der Waals surface area contributed by atoms with E-state index >= 15 is 0 Å². The van der Waals surface area contributed by atoms with Crippen molar-refractivity contribution in [2.75, 3.05) is 0 Å². The Morgan fingerprint density at radius 1 is 1.23 bits per heavy atom. The van der Waals surface area contributed by atoms with E-state index in [0.717, 1.165) is 6.54 Å². The highest BCUT2D eigenvalue weighted by Gasteiger charge is 2.30. The van der Waals surface area contributed by atoms with E-state index in [2.05, 4.69) is 42.6 Å². The second-order valence-electron chi connectivity index (χ2n) is 4.25. The van der Waals surface area contributed by atoms with Crippen LogP contribution in [0.25, 0.3) is 0 Å². The predicted octanol–water partition coefficient (Wildman–Crippen LogP) is 2.72. The summed E-state index contributed by atoms with van der Waals surface area (Å²) in [7, 11) is 0. The fraction of sp³-hybridized carbons (Fsp3) is 0.500. The highest BCUT2D eigenvalue weighted by atomic mass is 15.0. The normalized spacial score (nSPS) is 19.5. The Bertz CT molecular complexity index is 262. The molecule has 1 heteroatoms. The van der Waals surface area contributed by atoms with Crippen LogP contribution in [0.5, 0.6) is 0 Å². The first-order valence-electron chi connectivity index (χ1n) is 5.07. The first-order chi connectivity index (χ1) is 6.29. The summed E-state index contributed by atoms with van der Waals surface area (Å²) in [6, 6.07) is 10.6. The van der Waals surface area contributed by atoms with Crippen LogP contribution in [0.15, 0.2) is 30.3 Å². The van der Waals surface area contributed by atoms with E-state index in [1.54, 1.807) is 0 Å². The SMILES string of the molecule is CC1(NCc2ccccc2)CCC1. The zero-order valence-electron chi connectivity index (χ0n) is 8.22. The third-order valence-corrected chi connectivity index (χ3v) is 3.02. The van der Waals surface area contributed by atoms with Crippen LogP contribution in [-0.2, 0) is 6.54 Å². The van der Waals surface area contributed by atoms with Gasteiger partial charge in [0, 0.05) is 12.1 Å². The van der Waals surface area contributed by atoms with E-state index in [-0.39, 0.29) is 0 Å². The minimum absolute atomic E-state index is 0.426. The van der Waals surface area contributed by atoms with Gasteiger partial charge in [0.2, 0.25) is 0 Å². The molecule has 1 aromatic rings. The zero-order chi connectivity index (χ0) is 9.15. The Hall–Kier alpha value is -0.820. The van der Waals surface area contributed by atoms with Gasteiger partial charge in [0.15, 0.2) is 0 Å². The van der Waals surface area contributed by atoms with E-state index in [4.69, 9.17) is 0 Å². The average molecular weight is 175 g/mol. The van der Waals surface area contributed by atoms with Gasteiger partial charge in [0.25, 0.3) is 0 Å². The third kappa shape index (κ3) is 2.10. The van der Waals surface area contributed by atoms with Gasteiger partial charge < -0.3 is 5.32 Å². The summed E-state index contributed by atoms with van der Waals surface area (Å²) >= 11 is 0. The van der Waals surface area contributed by atoms with Crippen LogP contribution in [0.3, 0.4) is 0 Å². The van der Waals surface area contributed by atoms with Crippen molar-refractivity contribution in [1.82, 2.24) is 5.32 Å². The minimum Gasteiger partial charge on any atom is -0.307 e. The molecule has 2 rings (SSSR count). The maximum atomic E-state index is 3.61. The van der Waals surface area contributed by atoms with Crippen LogP contribution in [0.1, 0.15) is 31.7 Å². The predicted molar refractivity (Wildman–Crippen MR) is 55.5 cm³/mol. The van der Waals surface area contributed by atoms with Crippen LogP contribution in [-0.4, -0.2) is 5.54 Å². The zero-order valence-corrected chi connectivity index (χ0v) is 8.22. The molecule has 0 radical (unpaired) electrons. The van der Waals surface area contributed by atoms with Crippen molar-refractivity contribution in [1.29, 1.82) is 0 Å². The molecule has 0 amide bonds.